The Balaban J connectivity index is 2.18. The van der Waals surface area contributed by atoms with Crippen LogP contribution < -0.4 is 5.90 Å². The van der Waals surface area contributed by atoms with Crippen LogP contribution in [0.4, 0.5) is 0 Å². The summed E-state index contributed by atoms with van der Waals surface area (Å²) in [6, 6.07) is 2.16. The van der Waals surface area contributed by atoms with Gasteiger partial charge in [0.2, 0.25) is 0 Å². The van der Waals surface area contributed by atoms with Gasteiger partial charge in [-0.25, -0.2) is 5.90 Å². The van der Waals surface area contributed by atoms with E-state index >= 15 is 0 Å². The maximum Gasteiger partial charge on any atom is 0.0783 e. The summed E-state index contributed by atoms with van der Waals surface area (Å²) in [5.74, 6) is 5.09. The summed E-state index contributed by atoms with van der Waals surface area (Å²) in [7, 11) is 0. The lowest BCUT2D eigenvalue weighted by molar-refractivity contribution is 0.117. The smallest absolute Gasteiger partial charge is 0.0783 e. The van der Waals surface area contributed by atoms with Crippen LogP contribution in [0, 0.1) is 0 Å². The van der Waals surface area contributed by atoms with Crippen molar-refractivity contribution in [3.63, 3.8) is 0 Å². The van der Waals surface area contributed by atoms with Crippen LogP contribution in [0.25, 0.3) is 0 Å². The lowest BCUT2D eigenvalue weighted by Crippen LogP contribution is -2.16. The van der Waals surface area contributed by atoms with Gasteiger partial charge < -0.3 is 4.84 Å². The second-order valence-electron chi connectivity index (χ2n) is 3.22. The summed E-state index contributed by atoms with van der Waals surface area (Å²) in [5, 5.41) is 2.10. The van der Waals surface area contributed by atoms with Gasteiger partial charge >= 0.3 is 0 Å². The van der Waals surface area contributed by atoms with Crippen molar-refractivity contribution in [1.29, 1.82) is 0 Å². The number of hydrogen-bond donors (Lipinski definition) is 1. The van der Waals surface area contributed by atoms with Gasteiger partial charge in [-0.1, -0.05) is 0 Å². The Morgan fingerprint density at radius 2 is 2.42 bits per heavy atom. The van der Waals surface area contributed by atoms with Gasteiger partial charge in [-0.15, -0.1) is 11.3 Å². The Hall–Kier alpha value is 0.1000. The zero-order valence-corrected chi connectivity index (χ0v) is 8.95. The number of rotatable bonds is 3. The first-order chi connectivity index (χ1) is 5.77. The van der Waals surface area contributed by atoms with Crippen molar-refractivity contribution in [2.24, 2.45) is 5.90 Å². The van der Waals surface area contributed by atoms with Crippen LogP contribution in [0.2, 0.25) is 0 Å². The van der Waals surface area contributed by atoms with Crippen molar-refractivity contribution < 1.29 is 4.84 Å². The lowest BCUT2D eigenvalue weighted by Gasteiger charge is -2.09. The van der Waals surface area contributed by atoms with Gasteiger partial charge in [-0.05, 0) is 34.8 Å². The fourth-order valence-electron chi connectivity index (χ4n) is 1.36. The molecule has 12 heavy (non-hydrogen) atoms. The maximum atomic E-state index is 5.09. The molecule has 2 rings (SSSR count). The molecule has 1 aromatic heterocycles. The molecule has 0 radical (unpaired) electrons. The predicted molar refractivity (Wildman–Crippen MR) is 53.1 cm³/mol. The van der Waals surface area contributed by atoms with E-state index in [4.69, 9.17) is 10.7 Å². The van der Waals surface area contributed by atoms with E-state index in [0.717, 1.165) is 4.47 Å². The molecule has 1 aliphatic rings. The van der Waals surface area contributed by atoms with E-state index in [0.29, 0.717) is 6.61 Å². The van der Waals surface area contributed by atoms with Gasteiger partial charge in [0.15, 0.2) is 0 Å². The Kier molecular flexibility index (Phi) is 2.25. The SMILES string of the molecule is NOCC1(c2cc(Br)cs2)CC1. The molecule has 1 fully saturated rings. The molecule has 1 aromatic rings. The second-order valence-corrected chi connectivity index (χ2v) is 5.05. The van der Waals surface area contributed by atoms with E-state index in [-0.39, 0.29) is 5.41 Å². The number of hydrogen-bond acceptors (Lipinski definition) is 3. The van der Waals surface area contributed by atoms with Gasteiger partial charge in [0, 0.05) is 20.1 Å². The molecule has 0 unspecified atom stereocenters. The zero-order chi connectivity index (χ0) is 8.60. The van der Waals surface area contributed by atoms with Gasteiger partial charge in [0.1, 0.15) is 0 Å². The molecular weight excluding hydrogens is 238 g/mol. The van der Waals surface area contributed by atoms with Gasteiger partial charge in [-0.2, -0.15) is 0 Å². The van der Waals surface area contributed by atoms with Crippen molar-refractivity contribution >= 4 is 27.3 Å². The molecule has 0 atom stereocenters. The topological polar surface area (TPSA) is 35.2 Å². The molecule has 0 amide bonds. The Labute approximate surface area is 83.8 Å². The van der Waals surface area contributed by atoms with Crippen molar-refractivity contribution in [2.45, 2.75) is 18.3 Å². The Bertz CT molecular complexity index is 282. The molecule has 0 aliphatic heterocycles. The lowest BCUT2D eigenvalue weighted by atomic mass is 10.1. The molecule has 2 nitrogen and oxygen atoms in total. The first kappa shape index (κ1) is 8.69. The largest absolute Gasteiger partial charge is 0.304 e. The minimum absolute atomic E-state index is 0.255. The summed E-state index contributed by atoms with van der Waals surface area (Å²) >= 11 is 5.22. The average Bonchev–Trinajstić information content (AvgIpc) is 2.69. The standard InChI is InChI=1S/C8H10BrNOS/c9-6-3-7(12-4-6)8(1-2-8)5-11-10/h3-4H,1-2,5,10H2. The molecule has 2 N–H and O–H groups in total. The molecule has 0 bridgehead atoms. The minimum atomic E-state index is 0.255. The zero-order valence-electron chi connectivity index (χ0n) is 6.55. The van der Waals surface area contributed by atoms with Crippen LogP contribution in [0.5, 0.6) is 0 Å². The van der Waals surface area contributed by atoms with E-state index in [9.17, 15) is 0 Å². The van der Waals surface area contributed by atoms with Gasteiger partial charge in [-0.3, -0.25) is 0 Å². The number of thiophene rings is 1. The third kappa shape index (κ3) is 1.44. The van der Waals surface area contributed by atoms with Crippen LogP contribution in [0.1, 0.15) is 17.7 Å². The molecule has 0 spiro atoms. The highest BCUT2D eigenvalue weighted by Gasteiger charge is 2.45. The third-order valence-corrected chi connectivity index (χ3v) is 4.24. The van der Waals surface area contributed by atoms with Crippen molar-refractivity contribution in [3.8, 4) is 0 Å². The van der Waals surface area contributed by atoms with Crippen LogP contribution in [-0.2, 0) is 10.3 Å². The maximum absolute atomic E-state index is 5.09. The van der Waals surface area contributed by atoms with E-state index in [1.54, 1.807) is 11.3 Å². The second kappa shape index (κ2) is 3.10. The quantitative estimate of drug-likeness (QED) is 0.834. The number of halogens is 1. The molecule has 0 saturated heterocycles. The molecule has 1 heterocycles. The molecule has 66 valence electrons. The molecule has 1 aliphatic carbocycles. The fourth-order valence-corrected chi connectivity index (χ4v) is 3.04. The van der Waals surface area contributed by atoms with E-state index < -0.39 is 0 Å². The highest BCUT2D eigenvalue weighted by atomic mass is 79.9. The van der Waals surface area contributed by atoms with Crippen LogP contribution in [0.3, 0.4) is 0 Å². The predicted octanol–water partition coefficient (Wildman–Crippen LogP) is 2.43. The average molecular weight is 248 g/mol. The van der Waals surface area contributed by atoms with Crippen LogP contribution in [0.15, 0.2) is 15.9 Å². The first-order valence-electron chi connectivity index (χ1n) is 3.83. The van der Waals surface area contributed by atoms with Gasteiger partial charge in [0.25, 0.3) is 0 Å². The fraction of sp³-hybridized carbons (Fsp3) is 0.500. The molecule has 1 saturated carbocycles. The third-order valence-electron chi connectivity index (χ3n) is 2.30. The van der Waals surface area contributed by atoms with Crippen LogP contribution in [-0.4, -0.2) is 6.61 Å². The summed E-state index contributed by atoms with van der Waals surface area (Å²) in [6.07, 6.45) is 2.41. The normalized spacial score (nSPS) is 19.5. The Morgan fingerprint density at radius 1 is 1.67 bits per heavy atom. The summed E-state index contributed by atoms with van der Waals surface area (Å²) in [5.41, 5.74) is 0.255. The van der Waals surface area contributed by atoms with Crippen LogP contribution >= 0.6 is 27.3 Å². The monoisotopic (exact) mass is 247 g/mol. The van der Waals surface area contributed by atoms with E-state index in [1.165, 1.54) is 17.7 Å². The minimum Gasteiger partial charge on any atom is -0.304 e. The van der Waals surface area contributed by atoms with E-state index in [2.05, 4.69) is 27.4 Å². The van der Waals surface area contributed by atoms with Crippen molar-refractivity contribution in [3.05, 3.63) is 20.8 Å². The van der Waals surface area contributed by atoms with Gasteiger partial charge in [0.05, 0.1) is 6.61 Å². The van der Waals surface area contributed by atoms with Crippen molar-refractivity contribution in [1.82, 2.24) is 0 Å². The highest BCUT2D eigenvalue weighted by Crippen LogP contribution is 2.50. The summed E-state index contributed by atoms with van der Waals surface area (Å²) in [6.45, 7) is 0.653. The molecule has 4 heteroatoms. The summed E-state index contributed by atoms with van der Waals surface area (Å²) < 4.78 is 1.16. The van der Waals surface area contributed by atoms with E-state index in [1.807, 2.05) is 0 Å². The molecular formula is C8H10BrNOS. The summed E-state index contributed by atoms with van der Waals surface area (Å²) in [4.78, 5) is 6.11. The number of nitrogens with two attached hydrogens (primary N) is 1. The van der Waals surface area contributed by atoms with Crippen molar-refractivity contribution in [2.75, 3.05) is 6.61 Å². The first-order valence-corrected chi connectivity index (χ1v) is 5.50. The Morgan fingerprint density at radius 3 is 2.83 bits per heavy atom. The molecule has 0 aromatic carbocycles. The highest BCUT2D eigenvalue weighted by molar-refractivity contribution is 9.10.